The van der Waals surface area contributed by atoms with Gasteiger partial charge in [0.2, 0.25) is 0 Å². The number of rotatable bonds is 5. The van der Waals surface area contributed by atoms with E-state index in [-0.39, 0.29) is 5.92 Å². The zero-order chi connectivity index (χ0) is 14.5. The van der Waals surface area contributed by atoms with Gasteiger partial charge in [0.1, 0.15) is 11.6 Å². The van der Waals surface area contributed by atoms with E-state index in [0.29, 0.717) is 37.4 Å². The number of carboxylic acids is 1. The minimum atomic E-state index is -0.710. The lowest BCUT2D eigenvalue weighted by Gasteiger charge is -2.26. The van der Waals surface area contributed by atoms with E-state index < -0.39 is 17.6 Å². The molecule has 0 aliphatic heterocycles. The number of carboxylic acid groups (broad SMARTS) is 1. The van der Waals surface area contributed by atoms with E-state index in [1.165, 1.54) is 6.07 Å². The number of carbonyl (C=O) groups is 1. The Hall–Kier alpha value is -1.49. The molecule has 5 heteroatoms. The lowest BCUT2D eigenvalue weighted by Crippen LogP contribution is -2.28. The fourth-order valence-corrected chi connectivity index (χ4v) is 2.70. The van der Waals surface area contributed by atoms with Crippen LogP contribution in [0.15, 0.2) is 18.2 Å². The first-order valence-corrected chi connectivity index (χ1v) is 6.93. The van der Waals surface area contributed by atoms with Crippen LogP contribution < -0.4 is 5.32 Å². The van der Waals surface area contributed by atoms with E-state index in [1.54, 1.807) is 0 Å². The Morgan fingerprint density at radius 2 is 1.95 bits per heavy atom. The fourth-order valence-electron chi connectivity index (χ4n) is 2.70. The number of halogens is 2. The van der Waals surface area contributed by atoms with Crippen LogP contribution in [-0.4, -0.2) is 17.6 Å². The summed E-state index contributed by atoms with van der Waals surface area (Å²) < 4.78 is 26.4. The molecule has 2 N–H and O–H groups in total. The molecular formula is C15H19F2NO2. The summed E-state index contributed by atoms with van der Waals surface area (Å²) in [4.78, 5) is 10.8. The third kappa shape index (κ3) is 4.00. The smallest absolute Gasteiger partial charge is 0.306 e. The molecule has 1 aliphatic carbocycles. The van der Waals surface area contributed by atoms with Gasteiger partial charge in [-0.15, -0.1) is 0 Å². The summed E-state index contributed by atoms with van der Waals surface area (Å²) in [7, 11) is 0. The molecule has 0 saturated heterocycles. The molecule has 20 heavy (non-hydrogen) atoms. The molecule has 1 aromatic rings. The minimum Gasteiger partial charge on any atom is -0.481 e. The maximum absolute atomic E-state index is 13.4. The Bertz CT molecular complexity index is 471. The molecule has 3 nitrogen and oxygen atoms in total. The summed E-state index contributed by atoms with van der Waals surface area (Å²) in [5.41, 5.74) is 0.323. The summed E-state index contributed by atoms with van der Waals surface area (Å²) in [6.07, 6.45) is 3.15. The van der Waals surface area contributed by atoms with Crippen molar-refractivity contribution in [1.29, 1.82) is 0 Å². The van der Waals surface area contributed by atoms with Gasteiger partial charge in [-0.25, -0.2) is 8.78 Å². The van der Waals surface area contributed by atoms with Crippen molar-refractivity contribution < 1.29 is 18.7 Å². The third-order valence-electron chi connectivity index (χ3n) is 3.95. The summed E-state index contributed by atoms with van der Waals surface area (Å²) in [5.74, 6) is -1.36. The SMILES string of the molecule is O=C(O)C1CCC(CNCc2cc(F)ccc2F)CC1. The average Bonchev–Trinajstić information content (AvgIpc) is 2.43. The van der Waals surface area contributed by atoms with Gasteiger partial charge < -0.3 is 10.4 Å². The monoisotopic (exact) mass is 283 g/mol. The molecule has 110 valence electrons. The first-order valence-electron chi connectivity index (χ1n) is 6.93. The number of benzene rings is 1. The van der Waals surface area contributed by atoms with Crippen molar-refractivity contribution in [3.05, 3.63) is 35.4 Å². The van der Waals surface area contributed by atoms with Crippen LogP contribution in [0.2, 0.25) is 0 Å². The van der Waals surface area contributed by atoms with E-state index in [9.17, 15) is 13.6 Å². The number of aliphatic carboxylic acids is 1. The highest BCUT2D eigenvalue weighted by Gasteiger charge is 2.25. The first kappa shape index (κ1) is 14.9. The highest BCUT2D eigenvalue weighted by molar-refractivity contribution is 5.69. The van der Waals surface area contributed by atoms with Crippen LogP contribution in [-0.2, 0) is 11.3 Å². The maximum Gasteiger partial charge on any atom is 0.306 e. The van der Waals surface area contributed by atoms with Crippen molar-refractivity contribution >= 4 is 5.97 Å². The van der Waals surface area contributed by atoms with Crippen molar-refractivity contribution in [2.24, 2.45) is 11.8 Å². The highest BCUT2D eigenvalue weighted by atomic mass is 19.1. The molecule has 0 bridgehead atoms. The predicted octanol–water partition coefficient (Wildman–Crippen LogP) is 2.95. The van der Waals surface area contributed by atoms with Gasteiger partial charge in [-0.3, -0.25) is 4.79 Å². The molecule has 1 saturated carbocycles. The molecule has 0 unspecified atom stereocenters. The van der Waals surface area contributed by atoms with Crippen LogP contribution in [0.4, 0.5) is 8.78 Å². The molecule has 0 amide bonds. The lowest BCUT2D eigenvalue weighted by molar-refractivity contribution is -0.143. The van der Waals surface area contributed by atoms with Crippen LogP contribution >= 0.6 is 0 Å². The zero-order valence-electron chi connectivity index (χ0n) is 11.2. The maximum atomic E-state index is 13.4. The number of hydrogen-bond acceptors (Lipinski definition) is 2. The summed E-state index contributed by atoms with van der Waals surface area (Å²) >= 11 is 0. The number of nitrogens with one attached hydrogen (secondary N) is 1. The van der Waals surface area contributed by atoms with Gasteiger partial charge in [-0.2, -0.15) is 0 Å². The normalized spacial score (nSPS) is 22.7. The van der Waals surface area contributed by atoms with Crippen molar-refractivity contribution in [1.82, 2.24) is 5.32 Å². The topological polar surface area (TPSA) is 49.3 Å². The van der Waals surface area contributed by atoms with Gasteiger partial charge in [0.25, 0.3) is 0 Å². The minimum absolute atomic E-state index is 0.216. The van der Waals surface area contributed by atoms with E-state index >= 15 is 0 Å². The quantitative estimate of drug-likeness (QED) is 0.873. The Kier molecular flexibility index (Phi) is 5.06. The summed E-state index contributed by atoms with van der Waals surface area (Å²) in [5, 5.41) is 12.0. The molecule has 1 aromatic carbocycles. The van der Waals surface area contributed by atoms with E-state index in [0.717, 1.165) is 25.0 Å². The van der Waals surface area contributed by atoms with Gasteiger partial charge in [0.05, 0.1) is 5.92 Å². The molecule has 1 aliphatic rings. The van der Waals surface area contributed by atoms with Crippen LogP contribution in [0.25, 0.3) is 0 Å². The molecule has 0 radical (unpaired) electrons. The van der Waals surface area contributed by atoms with Crippen LogP contribution in [0.3, 0.4) is 0 Å². The lowest BCUT2D eigenvalue weighted by atomic mass is 9.82. The van der Waals surface area contributed by atoms with Gasteiger partial charge in [0.15, 0.2) is 0 Å². The summed E-state index contributed by atoms with van der Waals surface area (Å²) in [6, 6.07) is 3.43. The van der Waals surface area contributed by atoms with Crippen LogP contribution in [0, 0.1) is 23.5 Å². The van der Waals surface area contributed by atoms with Crippen molar-refractivity contribution in [2.45, 2.75) is 32.2 Å². The standard InChI is InChI=1S/C15H19F2NO2/c16-13-5-6-14(17)12(7-13)9-18-8-10-1-3-11(4-2-10)15(19)20/h5-7,10-11,18H,1-4,8-9H2,(H,19,20). The van der Waals surface area contributed by atoms with E-state index in [2.05, 4.69) is 5.32 Å². The molecule has 0 heterocycles. The van der Waals surface area contributed by atoms with Crippen molar-refractivity contribution in [3.8, 4) is 0 Å². The average molecular weight is 283 g/mol. The highest BCUT2D eigenvalue weighted by Crippen LogP contribution is 2.28. The van der Waals surface area contributed by atoms with Gasteiger partial charge in [-0.05, 0) is 56.3 Å². The van der Waals surface area contributed by atoms with Crippen LogP contribution in [0.1, 0.15) is 31.2 Å². The molecule has 1 fully saturated rings. The second-order valence-electron chi connectivity index (χ2n) is 5.42. The van der Waals surface area contributed by atoms with Gasteiger partial charge >= 0.3 is 5.97 Å². The second kappa shape index (κ2) is 6.79. The molecular weight excluding hydrogens is 264 g/mol. The molecule has 0 atom stereocenters. The van der Waals surface area contributed by atoms with E-state index in [1.807, 2.05) is 0 Å². The Labute approximate surface area is 117 Å². The summed E-state index contributed by atoms with van der Waals surface area (Å²) in [6.45, 7) is 1.00. The molecule has 2 rings (SSSR count). The van der Waals surface area contributed by atoms with Gasteiger partial charge in [0, 0.05) is 12.1 Å². The fraction of sp³-hybridized carbons (Fsp3) is 0.533. The van der Waals surface area contributed by atoms with Crippen molar-refractivity contribution in [2.75, 3.05) is 6.54 Å². The van der Waals surface area contributed by atoms with Gasteiger partial charge in [-0.1, -0.05) is 0 Å². The largest absolute Gasteiger partial charge is 0.481 e. The Morgan fingerprint density at radius 3 is 2.60 bits per heavy atom. The van der Waals surface area contributed by atoms with E-state index in [4.69, 9.17) is 5.11 Å². The third-order valence-corrected chi connectivity index (χ3v) is 3.95. The van der Waals surface area contributed by atoms with Crippen molar-refractivity contribution in [3.63, 3.8) is 0 Å². The number of hydrogen-bond donors (Lipinski definition) is 2. The Balaban J connectivity index is 1.74. The molecule has 0 aromatic heterocycles. The second-order valence-corrected chi connectivity index (χ2v) is 5.42. The predicted molar refractivity (Wildman–Crippen MR) is 71.1 cm³/mol. The van der Waals surface area contributed by atoms with Crippen LogP contribution in [0.5, 0.6) is 0 Å². The zero-order valence-corrected chi connectivity index (χ0v) is 11.2. The Morgan fingerprint density at radius 1 is 1.25 bits per heavy atom. The first-order chi connectivity index (χ1) is 9.56. The molecule has 0 spiro atoms.